The van der Waals surface area contributed by atoms with Gasteiger partial charge in [0.05, 0.1) is 18.2 Å². The molecule has 0 aliphatic carbocycles. The molecule has 0 bridgehead atoms. The van der Waals surface area contributed by atoms with Gasteiger partial charge < -0.3 is 10.1 Å². The van der Waals surface area contributed by atoms with Gasteiger partial charge in [0.1, 0.15) is 10.8 Å². The molecule has 1 aromatic carbocycles. The number of thiophene rings is 1. The van der Waals surface area contributed by atoms with E-state index < -0.39 is 0 Å². The molecule has 0 radical (unpaired) electrons. The normalized spacial score (nSPS) is 10.8. The lowest BCUT2D eigenvalue weighted by atomic mass is 10.2. The summed E-state index contributed by atoms with van der Waals surface area (Å²) in [5.41, 5.74) is 2.65. The number of amides is 1. The number of ether oxygens (including phenoxy) is 1. The molecule has 124 valence electrons. The van der Waals surface area contributed by atoms with Crippen molar-refractivity contribution in [1.82, 2.24) is 4.98 Å². The Morgan fingerprint density at radius 2 is 2.00 bits per heavy atom. The molecule has 4 nitrogen and oxygen atoms in total. The Kier molecular flexibility index (Phi) is 5.27. The van der Waals surface area contributed by atoms with Crippen molar-refractivity contribution in [3.05, 3.63) is 52.2 Å². The van der Waals surface area contributed by atoms with Crippen molar-refractivity contribution in [2.45, 2.75) is 26.4 Å². The second kappa shape index (κ2) is 7.59. The van der Waals surface area contributed by atoms with E-state index >= 15 is 0 Å². The minimum Gasteiger partial charge on any atom is -0.491 e. The van der Waals surface area contributed by atoms with Gasteiger partial charge in [0.25, 0.3) is 0 Å². The molecule has 0 saturated heterocycles. The van der Waals surface area contributed by atoms with Gasteiger partial charge in [-0.05, 0) is 49.6 Å². The van der Waals surface area contributed by atoms with E-state index in [2.05, 4.69) is 15.7 Å². The molecule has 0 spiro atoms. The highest BCUT2D eigenvalue weighted by Crippen LogP contribution is 2.26. The van der Waals surface area contributed by atoms with Gasteiger partial charge in [0.2, 0.25) is 5.91 Å². The number of thiazole rings is 1. The van der Waals surface area contributed by atoms with E-state index in [1.54, 1.807) is 22.7 Å². The first-order chi connectivity index (χ1) is 11.6. The van der Waals surface area contributed by atoms with Crippen LogP contribution in [-0.4, -0.2) is 17.0 Å². The van der Waals surface area contributed by atoms with E-state index in [9.17, 15) is 4.79 Å². The van der Waals surface area contributed by atoms with Crippen LogP contribution >= 0.6 is 22.7 Å². The summed E-state index contributed by atoms with van der Waals surface area (Å²) in [6, 6.07) is 9.43. The summed E-state index contributed by atoms with van der Waals surface area (Å²) in [7, 11) is 0. The minimum atomic E-state index is -0.0744. The van der Waals surface area contributed by atoms with Crippen LogP contribution in [0.15, 0.2) is 46.5 Å². The Labute approximate surface area is 149 Å². The monoisotopic (exact) mass is 358 g/mol. The van der Waals surface area contributed by atoms with Gasteiger partial charge >= 0.3 is 0 Å². The largest absolute Gasteiger partial charge is 0.491 e. The Morgan fingerprint density at radius 1 is 1.21 bits per heavy atom. The first-order valence-corrected chi connectivity index (χ1v) is 9.46. The molecule has 2 aromatic heterocycles. The van der Waals surface area contributed by atoms with Gasteiger partial charge in [0, 0.05) is 22.0 Å². The molecular weight excluding hydrogens is 340 g/mol. The van der Waals surface area contributed by atoms with Crippen LogP contribution in [0.1, 0.15) is 19.5 Å². The molecule has 0 aliphatic rings. The summed E-state index contributed by atoms with van der Waals surface area (Å²) in [4.78, 5) is 16.7. The zero-order valence-corrected chi connectivity index (χ0v) is 15.1. The topological polar surface area (TPSA) is 51.2 Å². The predicted molar refractivity (Wildman–Crippen MR) is 100.0 cm³/mol. The average Bonchev–Trinajstić information content (AvgIpc) is 3.19. The summed E-state index contributed by atoms with van der Waals surface area (Å²) in [6.07, 6.45) is 0.401. The third-order valence-corrected chi connectivity index (χ3v) is 4.79. The zero-order chi connectivity index (χ0) is 16.9. The molecule has 3 rings (SSSR count). The quantitative estimate of drug-likeness (QED) is 0.686. The lowest BCUT2D eigenvalue weighted by Crippen LogP contribution is -2.14. The van der Waals surface area contributed by atoms with Gasteiger partial charge in [-0.3, -0.25) is 4.79 Å². The number of carbonyl (C=O) groups excluding carboxylic acids is 1. The number of hydrogen-bond acceptors (Lipinski definition) is 5. The maximum Gasteiger partial charge on any atom is 0.230 e. The van der Waals surface area contributed by atoms with Crippen molar-refractivity contribution < 1.29 is 9.53 Å². The number of nitrogens with one attached hydrogen (secondary N) is 1. The zero-order valence-electron chi connectivity index (χ0n) is 13.5. The lowest BCUT2D eigenvalue weighted by molar-refractivity contribution is -0.115. The number of anilines is 1. The number of hydrogen-bond donors (Lipinski definition) is 1. The summed E-state index contributed by atoms with van der Waals surface area (Å²) < 4.78 is 5.59. The van der Waals surface area contributed by atoms with E-state index in [4.69, 9.17) is 4.74 Å². The molecule has 0 aliphatic heterocycles. The van der Waals surface area contributed by atoms with Crippen molar-refractivity contribution >= 4 is 34.3 Å². The molecule has 6 heteroatoms. The van der Waals surface area contributed by atoms with Crippen LogP contribution in [0.3, 0.4) is 0 Å². The molecule has 0 fully saturated rings. The van der Waals surface area contributed by atoms with E-state index in [0.717, 1.165) is 27.7 Å². The van der Waals surface area contributed by atoms with Crippen LogP contribution in [0.25, 0.3) is 10.6 Å². The van der Waals surface area contributed by atoms with E-state index in [-0.39, 0.29) is 18.4 Å². The number of rotatable bonds is 6. The third-order valence-electron chi connectivity index (χ3n) is 3.17. The van der Waals surface area contributed by atoms with Gasteiger partial charge in [-0.15, -0.1) is 11.3 Å². The molecular formula is C18H18N2O2S2. The third kappa shape index (κ3) is 4.43. The van der Waals surface area contributed by atoms with Crippen molar-refractivity contribution in [3.8, 4) is 16.3 Å². The molecule has 1 N–H and O–H groups in total. The van der Waals surface area contributed by atoms with Gasteiger partial charge in [-0.2, -0.15) is 11.3 Å². The van der Waals surface area contributed by atoms with Crippen LogP contribution in [0.2, 0.25) is 0 Å². The molecule has 0 atom stereocenters. The fraction of sp³-hybridized carbons (Fsp3) is 0.222. The highest BCUT2D eigenvalue weighted by molar-refractivity contribution is 7.14. The fourth-order valence-electron chi connectivity index (χ4n) is 2.17. The second-order valence-electron chi connectivity index (χ2n) is 5.57. The number of benzene rings is 1. The number of nitrogens with zero attached hydrogens (tertiary/aromatic N) is 1. The van der Waals surface area contributed by atoms with Crippen molar-refractivity contribution in [2.24, 2.45) is 0 Å². The maximum absolute atomic E-state index is 12.2. The first kappa shape index (κ1) is 16.7. The SMILES string of the molecule is CC(C)Oc1ccc(NC(=O)Cc2csc(-c3ccsc3)n2)cc1. The van der Waals surface area contributed by atoms with E-state index in [1.165, 1.54) is 0 Å². The maximum atomic E-state index is 12.2. The molecule has 3 aromatic rings. The summed E-state index contributed by atoms with van der Waals surface area (Å²) in [6.45, 7) is 3.96. The van der Waals surface area contributed by atoms with Crippen molar-refractivity contribution in [2.75, 3.05) is 5.32 Å². The average molecular weight is 358 g/mol. The highest BCUT2D eigenvalue weighted by Gasteiger charge is 2.10. The van der Waals surface area contributed by atoms with Crippen LogP contribution in [-0.2, 0) is 11.2 Å². The second-order valence-corrected chi connectivity index (χ2v) is 7.21. The Hall–Kier alpha value is -2.18. The van der Waals surface area contributed by atoms with Crippen molar-refractivity contribution in [1.29, 1.82) is 0 Å². The predicted octanol–water partition coefficient (Wildman–Crippen LogP) is 4.84. The highest BCUT2D eigenvalue weighted by atomic mass is 32.1. The molecule has 0 saturated carbocycles. The van der Waals surface area contributed by atoms with Gasteiger partial charge in [0.15, 0.2) is 0 Å². The van der Waals surface area contributed by atoms with Crippen LogP contribution in [0.4, 0.5) is 5.69 Å². The van der Waals surface area contributed by atoms with E-state index in [1.807, 2.05) is 54.9 Å². The Balaban J connectivity index is 1.57. The Morgan fingerprint density at radius 3 is 2.67 bits per heavy atom. The van der Waals surface area contributed by atoms with E-state index in [0.29, 0.717) is 0 Å². The molecule has 0 unspecified atom stereocenters. The Bertz CT molecular complexity index is 793. The number of aromatic nitrogens is 1. The number of carbonyl (C=O) groups is 1. The lowest BCUT2D eigenvalue weighted by Gasteiger charge is -2.10. The van der Waals surface area contributed by atoms with Crippen molar-refractivity contribution in [3.63, 3.8) is 0 Å². The van der Waals surface area contributed by atoms with Crippen LogP contribution in [0.5, 0.6) is 5.75 Å². The molecule has 1 amide bonds. The van der Waals surface area contributed by atoms with Gasteiger partial charge in [-0.1, -0.05) is 0 Å². The summed E-state index contributed by atoms with van der Waals surface area (Å²) in [5, 5.41) is 9.86. The molecule has 24 heavy (non-hydrogen) atoms. The summed E-state index contributed by atoms with van der Waals surface area (Å²) in [5.74, 6) is 0.720. The fourth-order valence-corrected chi connectivity index (χ4v) is 3.70. The minimum absolute atomic E-state index is 0.0744. The van der Waals surface area contributed by atoms with Crippen LogP contribution < -0.4 is 10.1 Å². The standard InChI is InChI=1S/C18H18N2O2S2/c1-12(2)22-16-5-3-14(4-6-16)19-17(21)9-15-11-24-18(20-15)13-7-8-23-10-13/h3-8,10-12H,9H2,1-2H3,(H,19,21). The van der Waals surface area contributed by atoms with Gasteiger partial charge in [-0.25, -0.2) is 4.98 Å². The smallest absolute Gasteiger partial charge is 0.230 e. The summed E-state index contributed by atoms with van der Waals surface area (Å²) >= 11 is 3.20. The molecule has 2 heterocycles. The first-order valence-electron chi connectivity index (χ1n) is 7.63. The van der Waals surface area contributed by atoms with Crippen LogP contribution in [0, 0.1) is 0 Å².